The quantitative estimate of drug-likeness (QED) is 0.559. The van der Waals surface area contributed by atoms with Crippen LogP contribution in [0, 0.1) is 25.7 Å². The van der Waals surface area contributed by atoms with Crippen LogP contribution in [0.1, 0.15) is 49.9 Å². The van der Waals surface area contributed by atoms with E-state index in [-0.39, 0.29) is 0 Å². The second kappa shape index (κ2) is 8.06. The highest BCUT2D eigenvalue weighted by molar-refractivity contribution is 7.99. The van der Waals surface area contributed by atoms with Crippen molar-refractivity contribution in [2.75, 3.05) is 0 Å². The lowest BCUT2D eigenvalue weighted by atomic mass is 10.0. The van der Waals surface area contributed by atoms with E-state index in [1.807, 2.05) is 11.8 Å². The summed E-state index contributed by atoms with van der Waals surface area (Å²) in [5.41, 5.74) is 5.69. The van der Waals surface area contributed by atoms with Gasteiger partial charge in [-0.1, -0.05) is 74.8 Å². The van der Waals surface area contributed by atoms with Crippen molar-refractivity contribution in [3.8, 4) is 0 Å². The van der Waals surface area contributed by atoms with Crippen LogP contribution in [0.3, 0.4) is 0 Å². The van der Waals surface area contributed by atoms with Crippen LogP contribution in [0.4, 0.5) is 0 Å². The molecule has 0 unspecified atom stereocenters. The molecule has 0 aromatic heterocycles. The summed E-state index contributed by atoms with van der Waals surface area (Å²) in [6.07, 6.45) is 2.30. The molecule has 23 heavy (non-hydrogen) atoms. The average molecular weight is 327 g/mol. The first-order chi connectivity index (χ1) is 10.8. The van der Waals surface area contributed by atoms with Gasteiger partial charge in [0, 0.05) is 9.79 Å². The maximum absolute atomic E-state index is 2.36. The molecule has 1 heteroatoms. The van der Waals surface area contributed by atoms with E-state index < -0.39 is 0 Å². The standard InChI is InChI=1S/C22H30S/c1-15(2)11-19-13-17(5)7-9-21(19)23-22-10-8-18(6)14-20(22)12-16(3)4/h7-10,13-16H,11-12H2,1-6H3. The summed E-state index contributed by atoms with van der Waals surface area (Å²) in [5.74, 6) is 1.37. The van der Waals surface area contributed by atoms with Gasteiger partial charge >= 0.3 is 0 Å². The zero-order chi connectivity index (χ0) is 17.0. The lowest BCUT2D eigenvalue weighted by Gasteiger charge is -2.16. The number of hydrogen-bond acceptors (Lipinski definition) is 1. The van der Waals surface area contributed by atoms with Crippen LogP contribution >= 0.6 is 11.8 Å². The molecule has 0 nitrogen and oxygen atoms in total. The third-order valence-electron chi connectivity index (χ3n) is 3.91. The zero-order valence-electron chi connectivity index (χ0n) is 15.4. The van der Waals surface area contributed by atoms with E-state index in [4.69, 9.17) is 0 Å². The van der Waals surface area contributed by atoms with Gasteiger partial charge in [-0.25, -0.2) is 0 Å². The van der Waals surface area contributed by atoms with Gasteiger partial charge in [-0.3, -0.25) is 0 Å². The van der Waals surface area contributed by atoms with Crippen LogP contribution in [-0.2, 0) is 12.8 Å². The molecule has 0 aliphatic carbocycles. The van der Waals surface area contributed by atoms with Crippen molar-refractivity contribution in [1.82, 2.24) is 0 Å². The van der Waals surface area contributed by atoms with Gasteiger partial charge in [0.05, 0.1) is 0 Å². The topological polar surface area (TPSA) is 0 Å². The summed E-state index contributed by atoms with van der Waals surface area (Å²) in [5, 5.41) is 0. The average Bonchev–Trinajstić information content (AvgIpc) is 2.43. The predicted molar refractivity (Wildman–Crippen MR) is 104 cm³/mol. The Hall–Kier alpha value is -1.21. The Morgan fingerprint density at radius 1 is 0.696 bits per heavy atom. The molecule has 0 aliphatic rings. The van der Waals surface area contributed by atoms with Gasteiger partial charge in [0.2, 0.25) is 0 Å². The molecule has 124 valence electrons. The smallest absolute Gasteiger partial charge is 0.0154 e. The second-order valence-corrected chi connectivity index (χ2v) is 8.60. The van der Waals surface area contributed by atoms with Crippen molar-refractivity contribution < 1.29 is 0 Å². The molecule has 2 aromatic rings. The Kier molecular flexibility index (Phi) is 6.35. The maximum atomic E-state index is 2.36. The van der Waals surface area contributed by atoms with E-state index in [0.717, 1.165) is 12.8 Å². The Balaban J connectivity index is 2.35. The monoisotopic (exact) mass is 326 g/mol. The molecular formula is C22H30S. The van der Waals surface area contributed by atoms with Crippen molar-refractivity contribution in [1.29, 1.82) is 0 Å². The molecule has 2 rings (SSSR count). The normalized spacial score (nSPS) is 11.5. The van der Waals surface area contributed by atoms with Gasteiger partial charge in [-0.15, -0.1) is 0 Å². The second-order valence-electron chi connectivity index (χ2n) is 7.52. The van der Waals surface area contributed by atoms with Crippen molar-refractivity contribution >= 4 is 11.8 Å². The molecule has 0 saturated heterocycles. The van der Waals surface area contributed by atoms with E-state index in [1.54, 1.807) is 0 Å². The van der Waals surface area contributed by atoms with Crippen molar-refractivity contribution in [3.63, 3.8) is 0 Å². The van der Waals surface area contributed by atoms with Gasteiger partial charge in [0.25, 0.3) is 0 Å². The number of hydrogen-bond donors (Lipinski definition) is 0. The van der Waals surface area contributed by atoms with Crippen LogP contribution in [0.5, 0.6) is 0 Å². The van der Waals surface area contributed by atoms with Gasteiger partial charge in [-0.2, -0.15) is 0 Å². The Morgan fingerprint density at radius 3 is 1.43 bits per heavy atom. The molecule has 0 atom stereocenters. The Morgan fingerprint density at radius 2 is 1.09 bits per heavy atom. The minimum Gasteiger partial charge on any atom is -0.0895 e. The first-order valence-electron chi connectivity index (χ1n) is 8.72. The molecule has 2 aromatic carbocycles. The van der Waals surface area contributed by atoms with Crippen LogP contribution < -0.4 is 0 Å². The first-order valence-corrected chi connectivity index (χ1v) is 9.53. The van der Waals surface area contributed by atoms with E-state index in [1.165, 1.54) is 32.0 Å². The maximum Gasteiger partial charge on any atom is 0.0154 e. The molecule has 0 spiro atoms. The van der Waals surface area contributed by atoms with Gasteiger partial charge in [-0.05, 0) is 61.8 Å². The van der Waals surface area contributed by atoms with Crippen LogP contribution in [0.15, 0.2) is 46.2 Å². The highest BCUT2D eigenvalue weighted by Crippen LogP contribution is 2.35. The molecule has 0 radical (unpaired) electrons. The third kappa shape index (κ3) is 5.42. The minimum atomic E-state index is 0.685. The lowest BCUT2D eigenvalue weighted by molar-refractivity contribution is 0.638. The van der Waals surface area contributed by atoms with Crippen LogP contribution in [0.2, 0.25) is 0 Å². The zero-order valence-corrected chi connectivity index (χ0v) is 16.3. The van der Waals surface area contributed by atoms with Crippen molar-refractivity contribution in [3.05, 3.63) is 58.7 Å². The van der Waals surface area contributed by atoms with Gasteiger partial charge in [0.15, 0.2) is 0 Å². The summed E-state index contributed by atoms with van der Waals surface area (Å²) < 4.78 is 0. The molecule has 0 aliphatic heterocycles. The Bertz CT molecular complexity index is 596. The van der Waals surface area contributed by atoms with Crippen LogP contribution in [-0.4, -0.2) is 0 Å². The summed E-state index contributed by atoms with van der Waals surface area (Å²) in [6, 6.07) is 13.8. The fourth-order valence-electron chi connectivity index (χ4n) is 2.93. The van der Waals surface area contributed by atoms with Crippen molar-refractivity contribution in [2.24, 2.45) is 11.8 Å². The number of aryl methyl sites for hydroxylation is 2. The lowest BCUT2D eigenvalue weighted by Crippen LogP contribution is -1.99. The fraction of sp³-hybridized carbons (Fsp3) is 0.455. The molecule has 0 heterocycles. The summed E-state index contributed by atoms with van der Waals surface area (Å²) in [6.45, 7) is 13.6. The Labute approximate surface area is 146 Å². The summed E-state index contributed by atoms with van der Waals surface area (Å²) in [4.78, 5) is 2.83. The van der Waals surface area contributed by atoms with Gasteiger partial charge < -0.3 is 0 Å². The first kappa shape index (κ1) is 18.1. The third-order valence-corrected chi connectivity index (χ3v) is 5.14. The molecule has 0 amide bonds. The van der Waals surface area contributed by atoms with E-state index >= 15 is 0 Å². The largest absolute Gasteiger partial charge is 0.0895 e. The number of rotatable bonds is 6. The molecule has 0 fully saturated rings. The van der Waals surface area contributed by atoms with Gasteiger partial charge in [0.1, 0.15) is 0 Å². The van der Waals surface area contributed by atoms with E-state index in [2.05, 4.69) is 77.9 Å². The van der Waals surface area contributed by atoms with Crippen LogP contribution in [0.25, 0.3) is 0 Å². The van der Waals surface area contributed by atoms with Crippen molar-refractivity contribution in [2.45, 2.75) is 64.2 Å². The minimum absolute atomic E-state index is 0.685. The van der Waals surface area contributed by atoms with E-state index in [0.29, 0.717) is 11.8 Å². The molecular weight excluding hydrogens is 296 g/mol. The molecule has 0 bridgehead atoms. The molecule has 0 saturated carbocycles. The summed E-state index contributed by atoms with van der Waals surface area (Å²) in [7, 11) is 0. The summed E-state index contributed by atoms with van der Waals surface area (Å²) >= 11 is 1.94. The molecule has 0 N–H and O–H groups in total. The highest BCUT2D eigenvalue weighted by atomic mass is 32.2. The predicted octanol–water partition coefficient (Wildman–Crippen LogP) is 6.85. The fourth-order valence-corrected chi connectivity index (χ4v) is 3.99. The number of benzene rings is 2. The van der Waals surface area contributed by atoms with E-state index in [9.17, 15) is 0 Å². The SMILES string of the molecule is Cc1ccc(Sc2ccc(C)cc2CC(C)C)c(CC(C)C)c1. The highest BCUT2D eigenvalue weighted by Gasteiger charge is 2.11.